The van der Waals surface area contributed by atoms with Crippen LogP contribution in [0.25, 0.3) is 0 Å². The summed E-state index contributed by atoms with van der Waals surface area (Å²) in [6, 6.07) is -0.0502. The molecule has 1 saturated carbocycles. The van der Waals surface area contributed by atoms with Crippen molar-refractivity contribution in [1.82, 2.24) is 14.7 Å². The first kappa shape index (κ1) is 11.9. The molecule has 5 nitrogen and oxygen atoms in total. The van der Waals surface area contributed by atoms with Gasteiger partial charge < -0.3 is 4.98 Å². The van der Waals surface area contributed by atoms with Crippen molar-refractivity contribution in [3.63, 3.8) is 0 Å². The number of rotatable bonds is 4. The summed E-state index contributed by atoms with van der Waals surface area (Å²) in [7, 11) is -3.47. The molecule has 1 aliphatic rings. The molecule has 1 heterocycles. The van der Waals surface area contributed by atoms with Crippen LogP contribution in [0, 0.1) is 5.92 Å². The highest BCUT2D eigenvalue weighted by atomic mass is 35.5. The lowest BCUT2D eigenvalue weighted by molar-refractivity contribution is 0.479. The first-order chi connectivity index (χ1) is 7.63. The quantitative estimate of drug-likeness (QED) is 0.799. The zero-order valence-corrected chi connectivity index (χ0v) is 10.3. The predicted molar refractivity (Wildman–Crippen MR) is 60.8 cm³/mol. The van der Waals surface area contributed by atoms with Crippen molar-refractivity contribution in [2.75, 3.05) is 5.88 Å². The third kappa shape index (κ3) is 2.39. The van der Waals surface area contributed by atoms with Gasteiger partial charge in [0.2, 0.25) is 0 Å². The topological polar surface area (TPSA) is 74.8 Å². The highest BCUT2D eigenvalue weighted by molar-refractivity contribution is 7.89. The van der Waals surface area contributed by atoms with Gasteiger partial charge in [0, 0.05) is 11.9 Å². The molecule has 0 aromatic carbocycles. The summed E-state index contributed by atoms with van der Waals surface area (Å²) in [5, 5.41) is 0.104. The standard InChI is InChI=1S/C9H14ClN3O2S/c10-4-7-2-1-3-8(7)13-16(14,15)9-5-11-6-12-9/h5-8,13H,1-4H2,(H,11,12). The number of halogens is 1. The molecule has 0 spiro atoms. The molecule has 90 valence electrons. The van der Waals surface area contributed by atoms with Crippen LogP contribution < -0.4 is 4.72 Å². The summed E-state index contributed by atoms with van der Waals surface area (Å²) in [5.41, 5.74) is 0. The van der Waals surface area contributed by atoms with E-state index in [-0.39, 0.29) is 17.0 Å². The zero-order chi connectivity index (χ0) is 11.6. The average Bonchev–Trinajstić information content (AvgIpc) is 2.86. The Balaban J connectivity index is 2.10. The number of H-pyrrole nitrogens is 1. The fourth-order valence-electron chi connectivity index (χ4n) is 2.03. The van der Waals surface area contributed by atoms with Gasteiger partial charge in [0.25, 0.3) is 10.0 Å². The lowest BCUT2D eigenvalue weighted by Crippen LogP contribution is -2.38. The lowest BCUT2D eigenvalue weighted by atomic mass is 10.1. The maximum Gasteiger partial charge on any atom is 0.257 e. The van der Waals surface area contributed by atoms with E-state index in [2.05, 4.69) is 14.7 Å². The van der Waals surface area contributed by atoms with Crippen LogP contribution in [0.5, 0.6) is 0 Å². The van der Waals surface area contributed by atoms with Gasteiger partial charge in [-0.2, -0.15) is 0 Å². The molecule has 0 saturated heterocycles. The largest absolute Gasteiger partial charge is 0.335 e. The van der Waals surface area contributed by atoms with E-state index in [1.165, 1.54) is 12.5 Å². The number of sulfonamides is 1. The van der Waals surface area contributed by atoms with E-state index in [1.54, 1.807) is 0 Å². The number of imidazole rings is 1. The second kappa shape index (κ2) is 4.73. The van der Waals surface area contributed by atoms with Gasteiger partial charge in [-0.25, -0.2) is 18.1 Å². The van der Waals surface area contributed by atoms with Gasteiger partial charge in [0.1, 0.15) is 0 Å². The van der Waals surface area contributed by atoms with Crippen LogP contribution in [-0.2, 0) is 10.0 Å². The smallest absolute Gasteiger partial charge is 0.257 e. The molecule has 1 fully saturated rings. The number of alkyl halides is 1. The van der Waals surface area contributed by atoms with Gasteiger partial charge in [-0.15, -0.1) is 11.6 Å². The van der Waals surface area contributed by atoms with Crippen molar-refractivity contribution in [1.29, 1.82) is 0 Å². The Kier molecular flexibility index (Phi) is 3.51. The van der Waals surface area contributed by atoms with Crippen LogP contribution in [0.15, 0.2) is 17.6 Å². The van der Waals surface area contributed by atoms with Crippen molar-refractivity contribution in [3.05, 3.63) is 12.5 Å². The highest BCUT2D eigenvalue weighted by Crippen LogP contribution is 2.27. The molecule has 2 rings (SSSR count). The summed E-state index contributed by atoms with van der Waals surface area (Å²) >= 11 is 5.80. The van der Waals surface area contributed by atoms with E-state index in [0.29, 0.717) is 5.88 Å². The molecule has 7 heteroatoms. The third-order valence-corrected chi connectivity index (χ3v) is 4.74. The summed E-state index contributed by atoms with van der Waals surface area (Å²) in [6.07, 6.45) is 5.51. The van der Waals surface area contributed by atoms with E-state index in [4.69, 9.17) is 11.6 Å². The number of aromatic amines is 1. The van der Waals surface area contributed by atoms with Crippen LogP contribution in [0.4, 0.5) is 0 Å². The van der Waals surface area contributed by atoms with Crippen LogP contribution in [0.2, 0.25) is 0 Å². The normalized spacial score (nSPS) is 26.1. The molecule has 2 unspecified atom stereocenters. The number of hydrogen-bond acceptors (Lipinski definition) is 3. The summed E-state index contributed by atoms with van der Waals surface area (Å²) < 4.78 is 26.4. The summed E-state index contributed by atoms with van der Waals surface area (Å²) in [6.45, 7) is 0. The molecule has 1 aromatic rings. The molecule has 1 aromatic heterocycles. The molecule has 0 amide bonds. The molecule has 16 heavy (non-hydrogen) atoms. The van der Waals surface area contributed by atoms with Gasteiger partial charge >= 0.3 is 0 Å². The SMILES string of the molecule is O=S(=O)(NC1CCCC1CCl)c1cnc[nH]1. The van der Waals surface area contributed by atoms with Crippen LogP contribution in [0.1, 0.15) is 19.3 Å². The highest BCUT2D eigenvalue weighted by Gasteiger charge is 2.31. The molecule has 2 N–H and O–H groups in total. The van der Waals surface area contributed by atoms with Gasteiger partial charge in [-0.1, -0.05) is 6.42 Å². The second-order valence-electron chi connectivity index (χ2n) is 3.99. The van der Waals surface area contributed by atoms with Gasteiger partial charge in [-0.3, -0.25) is 0 Å². The fourth-order valence-corrected chi connectivity index (χ4v) is 3.64. The summed E-state index contributed by atoms with van der Waals surface area (Å²) in [5.74, 6) is 0.732. The number of nitrogens with one attached hydrogen (secondary N) is 2. The predicted octanol–water partition coefficient (Wildman–Crippen LogP) is 1.10. The minimum absolute atomic E-state index is 0.0502. The van der Waals surface area contributed by atoms with Gasteiger partial charge in [0.15, 0.2) is 5.03 Å². The Morgan fingerprint density at radius 2 is 2.38 bits per heavy atom. The van der Waals surface area contributed by atoms with E-state index in [9.17, 15) is 8.42 Å². The van der Waals surface area contributed by atoms with Gasteiger partial charge in [-0.05, 0) is 18.8 Å². The first-order valence-corrected chi connectivity index (χ1v) is 7.22. The lowest BCUT2D eigenvalue weighted by Gasteiger charge is -2.17. The zero-order valence-electron chi connectivity index (χ0n) is 8.69. The van der Waals surface area contributed by atoms with Crippen molar-refractivity contribution in [2.45, 2.75) is 30.3 Å². The van der Waals surface area contributed by atoms with Crippen molar-refractivity contribution in [2.24, 2.45) is 5.92 Å². The Morgan fingerprint density at radius 1 is 1.56 bits per heavy atom. The monoisotopic (exact) mass is 263 g/mol. The summed E-state index contributed by atoms with van der Waals surface area (Å²) in [4.78, 5) is 6.29. The first-order valence-electron chi connectivity index (χ1n) is 5.20. The molecule has 1 aliphatic carbocycles. The van der Waals surface area contributed by atoms with Crippen molar-refractivity contribution >= 4 is 21.6 Å². The number of aromatic nitrogens is 2. The maximum atomic E-state index is 11.9. The molecule has 0 radical (unpaired) electrons. The van der Waals surface area contributed by atoms with E-state index >= 15 is 0 Å². The number of nitrogens with zero attached hydrogens (tertiary/aromatic N) is 1. The fraction of sp³-hybridized carbons (Fsp3) is 0.667. The molecule has 0 aliphatic heterocycles. The van der Waals surface area contributed by atoms with Crippen molar-refractivity contribution in [3.8, 4) is 0 Å². The Morgan fingerprint density at radius 3 is 3.00 bits per heavy atom. The van der Waals surface area contributed by atoms with Crippen molar-refractivity contribution < 1.29 is 8.42 Å². The third-order valence-electron chi connectivity index (χ3n) is 2.93. The minimum atomic E-state index is -3.47. The Bertz CT molecular complexity index is 432. The Labute approximate surface area is 99.7 Å². The molecular weight excluding hydrogens is 250 g/mol. The Hall–Kier alpha value is -0.590. The molecule has 0 bridgehead atoms. The van der Waals surface area contributed by atoms with E-state index < -0.39 is 10.0 Å². The molecule has 2 atom stereocenters. The van der Waals surface area contributed by atoms with E-state index in [1.807, 2.05) is 0 Å². The van der Waals surface area contributed by atoms with Crippen LogP contribution in [-0.4, -0.2) is 30.3 Å². The van der Waals surface area contributed by atoms with Crippen LogP contribution >= 0.6 is 11.6 Å². The van der Waals surface area contributed by atoms with E-state index in [0.717, 1.165) is 19.3 Å². The maximum absolute atomic E-state index is 11.9. The number of hydrogen-bond donors (Lipinski definition) is 2. The van der Waals surface area contributed by atoms with Gasteiger partial charge in [0.05, 0.1) is 12.5 Å². The van der Waals surface area contributed by atoms with Crippen LogP contribution in [0.3, 0.4) is 0 Å². The minimum Gasteiger partial charge on any atom is -0.335 e. The molecular formula is C9H14ClN3O2S. The second-order valence-corrected chi connectivity index (χ2v) is 5.98. The average molecular weight is 264 g/mol.